The molecule has 0 aliphatic heterocycles. The summed E-state index contributed by atoms with van der Waals surface area (Å²) < 4.78 is 115. The highest BCUT2D eigenvalue weighted by molar-refractivity contribution is 5.69. The van der Waals surface area contributed by atoms with Gasteiger partial charge in [0.15, 0.2) is 0 Å². The first-order valence-corrected chi connectivity index (χ1v) is 4.46. The minimum atomic E-state index is -6.88. The molecule has 0 bridgehead atoms. The molecule has 12 heteroatoms. The first-order valence-electron chi connectivity index (χ1n) is 4.46. The third kappa shape index (κ3) is 3.28. The van der Waals surface area contributed by atoms with E-state index in [1.54, 1.807) is 0 Å². The molecule has 0 saturated carbocycles. The van der Waals surface area contributed by atoms with Crippen LogP contribution in [0.25, 0.3) is 0 Å². The molecule has 0 aromatic heterocycles. The van der Waals surface area contributed by atoms with Gasteiger partial charge in [-0.25, -0.2) is 4.79 Å². The number of hydrogen-bond donors (Lipinski definition) is 1. The Balaban J connectivity index is 5.80. The average Bonchev–Trinajstić information content (AvgIpc) is 2.17. The summed E-state index contributed by atoms with van der Waals surface area (Å²) in [6.07, 6.45) is -22.4. The Hall–Kier alpha value is -1.62. The molecule has 1 amide bonds. The number of alkyl carbamates (subject to hydrolysis) is 1. The van der Waals surface area contributed by atoms with Crippen molar-refractivity contribution in [2.24, 2.45) is 0 Å². The first-order chi connectivity index (χ1) is 8.70. The molecule has 0 aliphatic rings. The van der Waals surface area contributed by atoms with Crippen molar-refractivity contribution in [1.29, 1.82) is 0 Å². The number of amides is 1. The van der Waals surface area contributed by atoms with E-state index in [2.05, 4.69) is 11.3 Å². The van der Waals surface area contributed by atoms with E-state index < -0.39 is 36.8 Å². The molecule has 0 rings (SSSR count). The van der Waals surface area contributed by atoms with E-state index >= 15 is 0 Å². The van der Waals surface area contributed by atoms with Crippen LogP contribution in [0.3, 0.4) is 0 Å². The predicted molar refractivity (Wildman–Crippen MR) is 45.6 cm³/mol. The SMILES string of the molecule is C=CCOC(=O)NC(C(F)(F)F)(C(F)(F)F)C(F)(F)F. The van der Waals surface area contributed by atoms with Crippen LogP contribution in [-0.4, -0.2) is 36.8 Å². The lowest BCUT2D eigenvalue weighted by molar-refractivity contribution is -0.387. The number of halogens is 9. The maximum absolute atomic E-state index is 12.3. The number of ether oxygens (including phenoxy) is 1. The molecule has 20 heavy (non-hydrogen) atoms. The second kappa shape index (κ2) is 5.40. The van der Waals surface area contributed by atoms with Gasteiger partial charge in [-0.2, -0.15) is 39.5 Å². The molecule has 3 nitrogen and oxygen atoms in total. The number of carbonyl (C=O) groups is 1. The van der Waals surface area contributed by atoms with E-state index in [0.717, 1.165) is 6.08 Å². The number of hydrogen-bond acceptors (Lipinski definition) is 2. The summed E-state index contributed by atoms with van der Waals surface area (Å²) in [5, 5.41) is -0.199. The maximum Gasteiger partial charge on any atom is 0.429 e. The van der Waals surface area contributed by atoms with Crippen LogP contribution in [0.2, 0.25) is 0 Å². The Morgan fingerprint density at radius 3 is 1.55 bits per heavy atom. The van der Waals surface area contributed by atoms with Crippen molar-refractivity contribution < 1.29 is 49.0 Å². The highest BCUT2D eigenvalue weighted by Crippen LogP contribution is 2.52. The number of rotatable bonds is 3. The lowest BCUT2D eigenvalue weighted by atomic mass is 9.97. The molecule has 0 aromatic carbocycles. The smallest absolute Gasteiger partial charge is 0.429 e. The van der Waals surface area contributed by atoms with Crippen LogP contribution >= 0.6 is 0 Å². The summed E-state index contributed by atoms with van der Waals surface area (Å²) in [7, 11) is 0. The van der Waals surface area contributed by atoms with Crippen LogP contribution in [0, 0.1) is 0 Å². The van der Waals surface area contributed by atoms with Gasteiger partial charge in [-0.15, -0.1) is 0 Å². The van der Waals surface area contributed by atoms with Crippen LogP contribution in [0.4, 0.5) is 44.3 Å². The highest BCUT2D eigenvalue weighted by Gasteiger charge is 2.85. The standard InChI is InChI=1S/C8H6F9NO2/c1-2-3-20-4(19)18-5(6(9,10)11,7(12,13)14)8(15,16)17/h2H,1,3H2,(H,18,19). The summed E-state index contributed by atoms with van der Waals surface area (Å²) in [6, 6.07) is 0. The Labute approximate surface area is 105 Å². The van der Waals surface area contributed by atoms with Crippen LogP contribution in [0.15, 0.2) is 12.7 Å². The number of alkyl halides is 9. The predicted octanol–water partition coefficient (Wildman–Crippen LogP) is 3.32. The molecule has 0 radical (unpaired) electrons. The van der Waals surface area contributed by atoms with Crippen LogP contribution < -0.4 is 5.32 Å². The zero-order valence-corrected chi connectivity index (χ0v) is 9.21. The normalized spacial score (nSPS) is 13.8. The molecule has 0 aromatic rings. The number of nitrogens with one attached hydrogen (secondary N) is 1. The van der Waals surface area contributed by atoms with Crippen molar-refractivity contribution >= 4 is 6.09 Å². The van der Waals surface area contributed by atoms with Gasteiger partial charge < -0.3 is 4.74 Å². The molecule has 1 N–H and O–H groups in total. The van der Waals surface area contributed by atoms with Gasteiger partial charge in [0.25, 0.3) is 0 Å². The Kier molecular flexibility index (Phi) is 4.96. The lowest BCUT2D eigenvalue weighted by Crippen LogP contribution is -2.75. The molecular formula is C8H6F9NO2. The summed E-state index contributed by atoms with van der Waals surface area (Å²) in [4.78, 5) is 10.7. The minimum Gasteiger partial charge on any atom is -0.445 e. The average molecular weight is 319 g/mol. The Morgan fingerprint density at radius 2 is 1.30 bits per heavy atom. The minimum absolute atomic E-state index is 0.199. The molecule has 0 spiro atoms. The quantitative estimate of drug-likeness (QED) is 0.640. The van der Waals surface area contributed by atoms with Gasteiger partial charge in [-0.05, 0) is 0 Å². The van der Waals surface area contributed by atoms with Gasteiger partial charge >= 0.3 is 30.2 Å². The Bertz CT molecular complexity index is 332. The van der Waals surface area contributed by atoms with E-state index in [0.29, 0.717) is 0 Å². The zero-order valence-electron chi connectivity index (χ0n) is 9.21. The molecular weight excluding hydrogens is 313 g/mol. The van der Waals surface area contributed by atoms with E-state index in [-0.39, 0.29) is 5.32 Å². The van der Waals surface area contributed by atoms with Crippen molar-refractivity contribution in [1.82, 2.24) is 5.32 Å². The molecule has 0 heterocycles. The third-order valence-electron chi connectivity index (χ3n) is 1.90. The van der Waals surface area contributed by atoms with Gasteiger partial charge in [-0.1, -0.05) is 12.7 Å². The van der Waals surface area contributed by atoms with E-state index in [9.17, 15) is 44.3 Å². The fourth-order valence-electron chi connectivity index (χ4n) is 1.02. The lowest BCUT2D eigenvalue weighted by Gasteiger charge is -2.38. The molecule has 0 aliphatic carbocycles. The second-order valence-corrected chi connectivity index (χ2v) is 3.26. The van der Waals surface area contributed by atoms with Crippen molar-refractivity contribution in [3.8, 4) is 0 Å². The Morgan fingerprint density at radius 1 is 0.950 bits per heavy atom. The fraction of sp³-hybridized carbons (Fsp3) is 0.625. The summed E-state index contributed by atoms with van der Waals surface area (Å²) in [6.45, 7) is 2.02. The van der Waals surface area contributed by atoms with Gasteiger partial charge in [0.05, 0.1) is 0 Å². The van der Waals surface area contributed by atoms with Crippen molar-refractivity contribution in [3.05, 3.63) is 12.7 Å². The van der Waals surface area contributed by atoms with E-state index in [1.807, 2.05) is 0 Å². The van der Waals surface area contributed by atoms with Crippen LogP contribution in [0.1, 0.15) is 0 Å². The summed E-state index contributed by atoms with van der Waals surface area (Å²) >= 11 is 0. The monoisotopic (exact) mass is 319 g/mol. The van der Waals surface area contributed by atoms with Gasteiger partial charge in [-0.3, -0.25) is 5.32 Å². The van der Waals surface area contributed by atoms with Crippen molar-refractivity contribution in [2.75, 3.05) is 6.61 Å². The largest absolute Gasteiger partial charge is 0.445 e. The second-order valence-electron chi connectivity index (χ2n) is 3.26. The van der Waals surface area contributed by atoms with Crippen molar-refractivity contribution in [2.45, 2.75) is 24.1 Å². The van der Waals surface area contributed by atoms with E-state index in [1.165, 1.54) is 0 Å². The van der Waals surface area contributed by atoms with Crippen molar-refractivity contribution in [3.63, 3.8) is 0 Å². The third-order valence-corrected chi connectivity index (χ3v) is 1.90. The van der Waals surface area contributed by atoms with Crippen LogP contribution in [-0.2, 0) is 4.74 Å². The van der Waals surface area contributed by atoms with Gasteiger partial charge in [0.2, 0.25) is 0 Å². The molecule has 118 valence electrons. The van der Waals surface area contributed by atoms with Gasteiger partial charge in [0, 0.05) is 0 Å². The topological polar surface area (TPSA) is 38.3 Å². The maximum atomic E-state index is 12.3. The summed E-state index contributed by atoms with van der Waals surface area (Å²) in [5.41, 5.74) is -6.43. The van der Waals surface area contributed by atoms with E-state index in [4.69, 9.17) is 0 Å². The molecule has 0 fully saturated rings. The molecule has 0 unspecified atom stereocenters. The summed E-state index contributed by atoms with van der Waals surface area (Å²) in [5.74, 6) is 0. The fourth-order valence-corrected chi connectivity index (χ4v) is 1.02. The van der Waals surface area contributed by atoms with Crippen LogP contribution in [0.5, 0.6) is 0 Å². The first kappa shape index (κ1) is 18.4. The zero-order chi connectivity index (χ0) is 16.4. The highest BCUT2D eigenvalue weighted by atomic mass is 19.4. The molecule has 0 atom stereocenters. The number of carbonyl (C=O) groups excluding carboxylic acids is 1. The van der Waals surface area contributed by atoms with Gasteiger partial charge in [0.1, 0.15) is 6.61 Å². The molecule has 0 saturated heterocycles.